The maximum absolute atomic E-state index is 13.6. The van der Waals surface area contributed by atoms with Gasteiger partial charge in [0.25, 0.3) is 0 Å². The Morgan fingerprint density at radius 2 is 1.77 bits per heavy atom. The van der Waals surface area contributed by atoms with E-state index in [9.17, 15) is 4.79 Å². The van der Waals surface area contributed by atoms with Crippen LogP contribution < -0.4 is 10.1 Å². The smallest absolute Gasteiger partial charge is 0.235 e. The van der Waals surface area contributed by atoms with Crippen LogP contribution in [0.15, 0.2) is 30.3 Å². The van der Waals surface area contributed by atoms with Gasteiger partial charge in [0.2, 0.25) is 5.91 Å². The van der Waals surface area contributed by atoms with E-state index in [-0.39, 0.29) is 5.91 Å². The monoisotopic (exact) mass is 449 g/mol. The Labute approximate surface area is 188 Å². The van der Waals surface area contributed by atoms with Crippen molar-refractivity contribution in [3.05, 3.63) is 57.1 Å². The molecule has 1 fully saturated rings. The van der Waals surface area contributed by atoms with Crippen LogP contribution >= 0.6 is 23.2 Å². The van der Waals surface area contributed by atoms with E-state index in [1.165, 1.54) is 0 Å². The summed E-state index contributed by atoms with van der Waals surface area (Å²) in [5, 5.41) is 4.18. The summed E-state index contributed by atoms with van der Waals surface area (Å²) in [5.41, 5.74) is 2.78. The van der Waals surface area contributed by atoms with Gasteiger partial charge in [-0.2, -0.15) is 0 Å². The first-order valence-electron chi connectivity index (χ1n) is 10.3. The highest BCUT2D eigenvalue weighted by molar-refractivity contribution is 6.35. The highest BCUT2D eigenvalue weighted by Crippen LogP contribution is 2.41. The lowest BCUT2D eigenvalue weighted by Gasteiger charge is -2.37. The Balaban J connectivity index is 1.90. The zero-order valence-electron chi connectivity index (χ0n) is 18.0. The molecule has 0 aliphatic carbocycles. The van der Waals surface area contributed by atoms with Crippen LogP contribution in [0.3, 0.4) is 0 Å². The lowest BCUT2D eigenvalue weighted by Crippen LogP contribution is -2.45. The van der Waals surface area contributed by atoms with Gasteiger partial charge in [-0.1, -0.05) is 43.1 Å². The molecule has 0 atom stereocenters. The van der Waals surface area contributed by atoms with Crippen LogP contribution in [0.4, 0.5) is 5.69 Å². The number of halogens is 2. The number of anilines is 1. The van der Waals surface area contributed by atoms with Gasteiger partial charge in [-0.3, -0.25) is 4.79 Å². The lowest BCUT2D eigenvalue weighted by atomic mass is 9.73. The Morgan fingerprint density at radius 1 is 1.13 bits per heavy atom. The molecule has 1 aliphatic rings. The highest BCUT2D eigenvalue weighted by atomic mass is 35.5. The standard InChI is InChI=1S/C24H29Cl2NO3/c1-15(2)14-30-22-16(3)11-19(12-17(22)4)27-23(28)24(7-9-29-10-8-24)20-6-5-18(25)13-21(20)26/h5-6,11-13,15H,7-10,14H2,1-4H3,(H,27,28). The van der Waals surface area contributed by atoms with Crippen LogP contribution in [0.1, 0.15) is 43.4 Å². The third-order valence-electron chi connectivity index (χ3n) is 5.51. The summed E-state index contributed by atoms with van der Waals surface area (Å²) < 4.78 is 11.5. The molecule has 2 aromatic rings. The molecule has 0 radical (unpaired) electrons. The number of ether oxygens (including phenoxy) is 2. The molecule has 1 amide bonds. The van der Waals surface area contributed by atoms with Crippen molar-refractivity contribution in [1.29, 1.82) is 0 Å². The van der Waals surface area contributed by atoms with Crippen LogP contribution in [0, 0.1) is 19.8 Å². The van der Waals surface area contributed by atoms with Crippen LogP contribution in [-0.4, -0.2) is 25.7 Å². The molecule has 1 heterocycles. The Hall–Kier alpha value is -1.75. The number of carbonyl (C=O) groups excluding carboxylic acids is 1. The molecule has 1 N–H and O–H groups in total. The fourth-order valence-electron chi connectivity index (χ4n) is 3.97. The minimum Gasteiger partial charge on any atom is -0.493 e. The number of aryl methyl sites for hydroxylation is 2. The Morgan fingerprint density at radius 3 is 2.33 bits per heavy atom. The van der Waals surface area contributed by atoms with Gasteiger partial charge in [0, 0.05) is 28.9 Å². The summed E-state index contributed by atoms with van der Waals surface area (Å²) in [6, 6.07) is 9.24. The number of hydrogen-bond acceptors (Lipinski definition) is 3. The lowest BCUT2D eigenvalue weighted by molar-refractivity contribution is -0.125. The molecule has 0 unspecified atom stereocenters. The van der Waals surface area contributed by atoms with E-state index in [2.05, 4.69) is 19.2 Å². The van der Waals surface area contributed by atoms with Gasteiger partial charge in [-0.15, -0.1) is 0 Å². The predicted molar refractivity (Wildman–Crippen MR) is 123 cm³/mol. The van der Waals surface area contributed by atoms with Gasteiger partial charge in [0.15, 0.2) is 0 Å². The van der Waals surface area contributed by atoms with Gasteiger partial charge in [-0.05, 0) is 73.6 Å². The number of hydrogen-bond donors (Lipinski definition) is 1. The normalized spacial score (nSPS) is 15.8. The predicted octanol–water partition coefficient (Wildman–Crippen LogP) is 6.33. The summed E-state index contributed by atoms with van der Waals surface area (Å²) in [6.07, 6.45) is 1.13. The molecule has 6 heteroatoms. The van der Waals surface area contributed by atoms with Gasteiger partial charge in [0.1, 0.15) is 5.75 Å². The van der Waals surface area contributed by atoms with Crippen molar-refractivity contribution < 1.29 is 14.3 Å². The average molecular weight is 450 g/mol. The number of amides is 1. The number of nitrogens with one attached hydrogen (secondary N) is 1. The van der Waals surface area contributed by atoms with Crippen LogP contribution in [0.5, 0.6) is 5.75 Å². The van der Waals surface area contributed by atoms with E-state index in [1.807, 2.05) is 32.0 Å². The Bertz CT molecular complexity index is 898. The van der Waals surface area contributed by atoms with Gasteiger partial charge in [0.05, 0.1) is 12.0 Å². The van der Waals surface area contributed by atoms with Gasteiger partial charge >= 0.3 is 0 Å². The van der Waals surface area contributed by atoms with Crippen molar-refractivity contribution >= 4 is 34.8 Å². The van der Waals surface area contributed by atoms with E-state index in [0.29, 0.717) is 48.6 Å². The summed E-state index contributed by atoms with van der Waals surface area (Å²) in [5.74, 6) is 1.24. The first-order chi connectivity index (χ1) is 14.2. The van der Waals surface area contributed by atoms with Crippen LogP contribution in [-0.2, 0) is 14.9 Å². The summed E-state index contributed by atoms with van der Waals surface area (Å²) in [7, 11) is 0. The molecule has 0 saturated carbocycles. The van der Waals surface area contributed by atoms with Gasteiger partial charge in [-0.25, -0.2) is 0 Å². The number of carbonyl (C=O) groups is 1. The van der Waals surface area contributed by atoms with Crippen molar-refractivity contribution in [3.8, 4) is 5.75 Å². The van der Waals surface area contributed by atoms with Crippen molar-refractivity contribution in [2.75, 3.05) is 25.1 Å². The number of rotatable bonds is 6. The fraction of sp³-hybridized carbons (Fsp3) is 0.458. The maximum Gasteiger partial charge on any atom is 0.235 e. The first kappa shape index (κ1) is 22.9. The van der Waals surface area contributed by atoms with Crippen LogP contribution in [0.25, 0.3) is 0 Å². The first-order valence-corrected chi connectivity index (χ1v) is 11.1. The van der Waals surface area contributed by atoms with E-state index >= 15 is 0 Å². The summed E-state index contributed by atoms with van der Waals surface area (Å²) >= 11 is 12.6. The second-order valence-electron chi connectivity index (χ2n) is 8.42. The van der Waals surface area contributed by atoms with Crippen molar-refractivity contribution in [2.45, 2.75) is 46.0 Å². The number of benzene rings is 2. The van der Waals surface area contributed by atoms with E-state index < -0.39 is 5.41 Å². The largest absolute Gasteiger partial charge is 0.493 e. The molecule has 1 saturated heterocycles. The average Bonchev–Trinajstić information content (AvgIpc) is 2.67. The molecule has 0 bridgehead atoms. The molecule has 0 spiro atoms. The summed E-state index contributed by atoms with van der Waals surface area (Å²) in [4.78, 5) is 13.6. The van der Waals surface area contributed by atoms with Crippen LogP contribution in [0.2, 0.25) is 10.0 Å². The van der Waals surface area contributed by atoms with Gasteiger partial charge < -0.3 is 14.8 Å². The maximum atomic E-state index is 13.6. The second-order valence-corrected chi connectivity index (χ2v) is 9.26. The molecule has 162 valence electrons. The molecule has 0 aromatic heterocycles. The molecule has 30 heavy (non-hydrogen) atoms. The minimum atomic E-state index is -0.755. The quantitative estimate of drug-likeness (QED) is 0.559. The topological polar surface area (TPSA) is 47.6 Å². The SMILES string of the molecule is Cc1cc(NC(=O)C2(c3ccc(Cl)cc3Cl)CCOCC2)cc(C)c1OCC(C)C. The third kappa shape index (κ3) is 4.93. The molecular weight excluding hydrogens is 421 g/mol. The molecule has 2 aromatic carbocycles. The van der Waals surface area contributed by atoms with E-state index in [4.69, 9.17) is 32.7 Å². The zero-order valence-corrected chi connectivity index (χ0v) is 19.5. The second kappa shape index (κ2) is 9.59. The molecular formula is C24H29Cl2NO3. The molecule has 1 aliphatic heterocycles. The molecule has 3 rings (SSSR count). The minimum absolute atomic E-state index is 0.0790. The molecule has 4 nitrogen and oxygen atoms in total. The van der Waals surface area contributed by atoms with E-state index in [0.717, 1.165) is 28.1 Å². The van der Waals surface area contributed by atoms with Crippen molar-refractivity contribution in [3.63, 3.8) is 0 Å². The summed E-state index contributed by atoms with van der Waals surface area (Å²) in [6.45, 7) is 9.91. The van der Waals surface area contributed by atoms with E-state index in [1.54, 1.807) is 12.1 Å². The Kier molecular flexibility index (Phi) is 7.33. The third-order valence-corrected chi connectivity index (χ3v) is 6.05. The zero-order chi connectivity index (χ0) is 21.9. The van der Waals surface area contributed by atoms with Crippen molar-refractivity contribution in [2.24, 2.45) is 5.92 Å². The highest BCUT2D eigenvalue weighted by Gasteiger charge is 2.43. The van der Waals surface area contributed by atoms with Crippen molar-refractivity contribution in [1.82, 2.24) is 0 Å². The fourth-order valence-corrected chi connectivity index (χ4v) is 4.56.